The van der Waals surface area contributed by atoms with Gasteiger partial charge < -0.3 is 24.5 Å². The zero-order valence-corrected chi connectivity index (χ0v) is 31.4. The van der Waals surface area contributed by atoms with Crippen molar-refractivity contribution in [2.24, 2.45) is 5.92 Å². The molecule has 5 aliphatic rings. The summed E-state index contributed by atoms with van der Waals surface area (Å²) in [5, 5.41) is 12.5. The van der Waals surface area contributed by atoms with E-state index in [2.05, 4.69) is 26.1 Å². The zero-order valence-electron chi connectivity index (χ0n) is 31.4. The van der Waals surface area contributed by atoms with Gasteiger partial charge in [-0.3, -0.25) is 24.6 Å². The van der Waals surface area contributed by atoms with Crippen LogP contribution in [0.1, 0.15) is 70.1 Å². The summed E-state index contributed by atoms with van der Waals surface area (Å²) in [7, 11) is 0. The molecule has 3 fully saturated rings. The molecule has 0 spiro atoms. The van der Waals surface area contributed by atoms with E-state index in [-0.39, 0.29) is 36.4 Å². The summed E-state index contributed by atoms with van der Waals surface area (Å²) in [5.74, 6) is -2.89. The molecule has 0 saturated carbocycles. The monoisotopic (exact) mass is 779 g/mol. The first-order valence-corrected chi connectivity index (χ1v) is 19.8. The Hall–Kier alpha value is -5.56. The molecular weight excluding hydrogens is 736 g/mol. The van der Waals surface area contributed by atoms with Crippen LogP contribution in [-0.2, 0) is 16.1 Å². The molecule has 0 radical (unpaired) electrons. The number of carbonyl (C=O) groups excluding carboxylic acids is 3. The van der Waals surface area contributed by atoms with Crippen molar-refractivity contribution in [3.8, 4) is 11.5 Å². The van der Waals surface area contributed by atoms with Crippen LogP contribution in [0.3, 0.4) is 0 Å². The second-order valence-corrected chi connectivity index (χ2v) is 16.0. The van der Waals surface area contributed by atoms with Gasteiger partial charge in [0.15, 0.2) is 11.6 Å². The number of ether oxygens (including phenoxy) is 1. The molecule has 0 aromatic heterocycles. The van der Waals surface area contributed by atoms with E-state index in [9.17, 15) is 28.3 Å². The summed E-state index contributed by atoms with van der Waals surface area (Å²) < 4.78 is 50.2. The first-order chi connectivity index (χ1) is 27.6. The Morgan fingerprint density at radius 1 is 0.754 bits per heavy atom. The first-order valence-electron chi connectivity index (χ1n) is 19.8. The van der Waals surface area contributed by atoms with Crippen molar-refractivity contribution < 1.29 is 37.4 Å². The van der Waals surface area contributed by atoms with Crippen LogP contribution in [0.5, 0.6) is 11.5 Å². The second-order valence-electron chi connectivity index (χ2n) is 16.0. The van der Waals surface area contributed by atoms with E-state index in [0.29, 0.717) is 47.0 Å². The molecule has 57 heavy (non-hydrogen) atoms. The Morgan fingerprint density at radius 3 is 2.28 bits per heavy atom. The molecule has 13 heteroatoms. The van der Waals surface area contributed by atoms with Gasteiger partial charge in [0, 0.05) is 93.5 Å². The lowest BCUT2D eigenvalue weighted by molar-refractivity contribution is -0.136. The summed E-state index contributed by atoms with van der Waals surface area (Å²) in [6.45, 7) is 6.50. The highest BCUT2D eigenvalue weighted by molar-refractivity contribution is 6.05. The standard InChI is InChI=1S/C44H44F3N5O5/c45-35-7-1-27(20-36(35)46)34-25-57-40-22-31(53)4-6-33(40)42(34)28-2-8-38(37(47)21-28)51-13-11-26(12-14-51)23-49-15-17-50(18-16-49)30-3-5-32-29(19-30)24-52(44(32)56)39-9-10-41(54)48-43(39)55/h1-8,19-22,26,34,39,42,53H,9-18,23-25H2,(H,48,54,55)/t34-,39+,42-/m1/s1. The molecule has 0 unspecified atom stereocenters. The van der Waals surface area contributed by atoms with Crippen LogP contribution < -0.4 is 19.9 Å². The van der Waals surface area contributed by atoms with Gasteiger partial charge in [-0.15, -0.1) is 0 Å². The lowest BCUT2D eigenvalue weighted by atomic mass is 9.75. The number of halogens is 3. The van der Waals surface area contributed by atoms with Gasteiger partial charge in [0.2, 0.25) is 11.8 Å². The number of anilines is 2. The maximum atomic E-state index is 16.1. The lowest BCUT2D eigenvalue weighted by Crippen LogP contribution is -2.52. The fourth-order valence-electron chi connectivity index (χ4n) is 9.48. The van der Waals surface area contributed by atoms with E-state index in [1.54, 1.807) is 29.2 Å². The van der Waals surface area contributed by atoms with Crippen LogP contribution in [0.4, 0.5) is 24.5 Å². The molecule has 3 saturated heterocycles. The van der Waals surface area contributed by atoms with Gasteiger partial charge in [0.05, 0.1) is 12.3 Å². The SMILES string of the molecule is O=C1CC[C@H](N2Cc3cc(N4CCN(CC5CCN(c6ccc([C@@H]7c8ccc(O)cc8OC[C@@H]7c7ccc(F)c(F)c7)cc6F)CC5)CC4)ccc3C2=O)C(=O)N1. The minimum atomic E-state index is -0.952. The average molecular weight is 780 g/mol. The van der Waals surface area contributed by atoms with Crippen LogP contribution in [0, 0.1) is 23.4 Å². The summed E-state index contributed by atoms with van der Waals surface area (Å²) in [6.07, 6.45) is 2.46. The minimum absolute atomic E-state index is 0.0448. The Morgan fingerprint density at radius 2 is 1.53 bits per heavy atom. The number of nitrogens with zero attached hydrogens (tertiary/aromatic N) is 4. The highest BCUT2D eigenvalue weighted by atomic mass is 19.2. The molecule has 296 valence electrons. The smallest absolute Gasteiger partial charge is 0.255 e. The molecule has 3 amide bonds. The van der Waals surface area contributed by atoms with Gasteiger partial charge in [0.1, 0.15) is 23.4 Å². The number of hydrogen-bond acceptors (Lipinski definition) is 8. The summed E-state index contributed by atoms with van der Waals surface area (Å²) in [4.78, 5) is 45.8. The van der Waals surface area contributed by atoms with E-state index >= 15 is 4.39 Å². The van der Waals surface area contributed by atoms with Gasteiger partial charge in [0.25, 0.3) is 5.91 Å². The molecule has 0 aliphatic carbocycles. The van der Waals surface area contributed by atoms with E-state index in [1.807, 2.05) is 24.3 Å². The van der Waals surface area contributed by atoms with Crippen molar-refractivity contribution >= 4 is 29.1 Å². The van der Waals surface area contributed by atoms with Crippen molar-refractivity contribution in [2.45, 2.75) is 50.1 Å². The molecule has 5 aliphatic heterocycles. The Balaban J connectivity index is 0.803. The highest BCUT2D eigenvalue weighted by Gasteiger charge is 2.40. The molecular formula is C44H44F3N5O5. The predicted octanol–water partition coefficient (Wildman–Crippen LogP) is 5.92. The summed E-state index contributed by atoms with van der Waals surface area (Å²) >= 11 is 0. The van der Waals surface area contributed by atoms with Gasteiger partial charge in [-0.05, 0) is 90.4 Å². The topological polar surface area (TPSA) is 106 Å². The third-order valence-electron chi connectivity index (χ3n) is 12.6. The van der Waals surface area contributed by atoms with Gasteiger partial charge in [-0.1, -0.05) is 18.2 Å². The largest absolute Gasteiger partial charge is 0.508 e. The number of rotatable bonds is 7. The number of hydrogen-bond donors (Lipinski definition) is 2. The quantitative estimate of drug-likeness (QED) is 0.223. The molecule has 9 rings (SSSR count). The van der Waals surface area contributed by atoms with Crippen LogP contribution >= 0.6 is 0 Å². The van der Waals surface area contributed by atoms with E-state index < -0.39 is 35.4 Å². The molecule has 4 aromatic carbocycles. The van der Waals surface area contributed by atoms with Gasteiger partial charge in [-0.2, -0.15) is 0 Å². The summed E-state index contributed by atoms with van der Waals surface area (Å²) in [6, 6.07) is 19.2. The third-order valence-corrected chi connectivity index (χ3v) is 12.6. The van der Waals surface area contributed by atoms with Gasteiger partial charge in [-0.25, -0.2) is 13.2 Å². The highest BCUT2D eigenvalue weighted by Crippen LogP contribution is 2.48. The van der Waals surface area contributed by atoms with Gasteiger partial charge >= 0.3 is 0 Å². The van der Waals surface area contributed by atoms with Crippen molar-refractivity contribution in [2.75, 3.05) is 62.2 Å². The summed E-state index contributed by atoms with van der Waals surface area (Å²) in [5.41, 5.74) is 5.11. The number of amides is 3. The number of piperazine rings is 1. The van der Waals surface area contributed by atoms with Crippen LogP contribution in [0.15, 0.2) is 72.8 Å². The molecule has 3 atom stereocenters. The number of imide groups is 1. The Kier molecular flexibility index (Phi) is 9.80. The molecule has 5 heterocycles. The maximum absolute atomic E-state index is 16.1. The van der Waals surface area contributed by atoms with Crippen molar-refractivity contribution in [3.63, 3.8) is 0 Å². The molecule has 2 N–H and O–H groups in total. The number of benzene rings is 4. The zero-order chi connectivity index (χ0) is 39.4. The van der Waals surface area contributed by atoms with E-state index in [1.165, 1.54) is 12.1 Å². The van der Waals surface area contributed by atoms with E-state index in [4.69, 9.17) is 4.74 Å². The normalized spacial score (nSPS) is 23.0. The van der Waals surface area contributed by atoms with E-state index in [0.717, 1.165) is 81.5 Å². The number of fused-ring (bicyclic) bond motifs is 2. The number of aromatic hydroxyl groups is 1. The van der Waals surface area contributed by atoms with Crippen LogP contribution in [0.2, 0.25) is 0 Å². The number of phenolic OH excluding ortho intramolecular Hbond substituents is 1. The first kappa shape index (κ1) is 37.0. The predicted molar refractivity (Wildman–Crippen MR) is 207 cm³/mol. The second kappa shape index (κ2) is 15.1. The lowest BCUT2D eigenvalue weighted by Gasteiger charge is -2.40. The Bertz CT molecular complexity index is 2240. The Labute approximate surface area is 328 Å². The van der Waals surface area contributed by atoms with Crippen molar-refractivity contribution in [1.82, 2.24) is 15.1 Å². The number of phenols is 1. The average Bonchev–Trinajstić information content (AvgIpc) is 3.53. The fraction of sp³-hybridized carbons (Fsp3) is 0.386. The number of carbonyl (C=O) groups is 3. The third kappa shape index (κ3) is 7.17. The molecule has 0 bridgehead atoms. The number of piperidine rings is 2. The molecule has 10 nitrogen and oxygen atoms in total. The fourth-order valence-corrected chi connectivity index (χ4v) is 9.48. The minimum Gasteiger partial charge on any atom is -0.508 e. The number of nitrogens with one attached hydrogen (secondary N) is 1. The van der Waals surface area contributed by atoms with Crippen LogP contribution in [0.25, 0.3) is 0 Å². The molecule has 4 aromatic rings. The van der Waals surface area contributed by atoms with Crippen LogP contribution in [-0.4, -0.2) is 91.1 Å². The van der Waals surface area contributed by atoms with Crippen molar-refractivity contribution in [1.29, 1.82) is 0 Å². The van der Waals surface area contributed by atoms with Crippen molar-refractivity contribution in [3.05, 3.63) is 118 Å². The maximum Gasteiger partial charge on any atom is 0.255 e.